The molecule has 1 heterocycles. The third-order valence-electron chi connectivity index (χ3n) is 5.05. The van der Waals surface area contributed by atoms with Gasteiger partial charge in [0.1, 0.15) is 0 Å². The second-order valence-electron chi connectivity index (χ2n) is 6.43. The van der Waals surface area contributed by atoms with Crippen LogP contribution in [0.5, 0.6) is 0 Å². The van der Waals surface area contributed by atoms with Crippen molar-refractivity contribution in [1.29, 1.82) is 5.26 Å². The number of nitrogens with zero attached hydrogens (tertiary/aromatic N) is 2. The highest BCUT2D eigenvalue weighted by Gasteiger charge is 2.36. The molecule has 0 N–H and O–H groups in total. The van der Waals surface area contributed by atoms with E-state index in [0.717, 1.165) is 10.4 Å². The number of nitriles is 1. The van der Waals surface area contributed by atoms with E-state index < -0.39 is 6.04 Å². The van der Waals surface area contributed by atoms with Crippen LogP contribution in [0.15, 0.2) is 54.6 Å². The van der Waals surface area contributed by atoms with Gasteiger partial charge >= 0.3 is 0 Å². The number of benzene rings is 3. The van der Waals surface area contributed by atoms with E-state index in [1.807, 2.05) is 36.4 Å². The lowest BCUT2D eigenvalue weighted by Gasteiger charge is -2.30. The van der Waals surface area contributed by atoms with Gasteiger partial charge in [-0.15, -0.1) is 0 Å². The Bertz CT molecular complexity index is 1240. The van der Waals surface area contributed by atoms with Crippen LogP contribution in [0.4, 0.5) is 0 Å². The van der Waals surface area contributed by atoms with Crippen LogP contribution in [0.3, 0.4) is 0 Å². The minimum absolute atomic E-state index is 0.325. The summed E-state index contributed by atoms with van der Waals surface area (Å²) in [5, 5.41) is 12.6. The van der Waals surface area contributed by atoms with Crippen LogP contribution >= 0.6 is 0 Å². The van der Waals surface area contributed by atoms with Crippen molar-refractivity contribution in [2.24, 2.45) is 0 Å². The van der Waals surface area contributed by atoms with Crippen LogP contribution in [-0.4, -0.2) is 22.8 Å². The number of hydrogen-bond acceptors (Lipinski definition) is 3. The molecule has 0 radical (unpaired) electrons. The first-order chi connectivity index (χ1) is 12.7. The highest BCUT2D eigenvalue weighted by molar-refractivity contribution is 6.26. The highest BCUT2D eigenvalue weighted by atomic mass is 16.2. The fourth-order valence-corrected chi connectivity index (χ4v) is 3.86. The summed E-state index contributed by atoms with van der Waals surface area (Å²) in [4.78, 5) is 27.6. The molecule has 0 saturated heterocycles. The predicted octanol–water partition coefficient (Wildman–Crippen LogP) is 1.95. The summed E-state index contributed by atoms with van der Waals surface area (Å²) in [6.45, 7) is 0. The van der Waals surface area contributed by atoms with Crippen LogP contribution in [0.25, 0.3) is 22.9 Å². The number of fused-ring (bicyclic) bond motifs is 1. The van der Waals surface area contributed by atoms with Crippen molar-refractivity contribution in [3.8, 4) is 6.07 Å². The van der Waals surface area contributed by atoms with Crippen molar-refractivity contribution in [1.82, 2.24) is 4.90 Å². The molecule has 1 aliphatic heterocycles. The Morgan fingerprint density at radius 3 is 2.12 bits per heavy atom. The smallest absolute Gasteiger partial charge is 0.262 e. The Kier molecular flexibility index (Phi) is 2.89. The van der Waals surface area contributed by atoms with Gasteiger partial charge in [0.15, 0.2) is 0 Å². The summed E-state index contributed by atoms with van der Waals surface area (Å²) in [6.07, 6.45) is 3.86. The lowest BCUT2D eigenvalue weighted by molar-refractivity contribution is 0.0609. The number of imide groups is 1. The van der Waals surface area contributed by atoms with E-state index in [2.05, 4.69) is 6.07 Å². The number of rotatable bonds is 1. The third kappa shape index (κ3) is 1.83. The molecule has 2 amide bonds. The lowest BCUT2D eigenvalue weighted by atomic mass is 9.91. The predicted molar refractivity (Wildman–Crippen MR) is 97.6 cm³/mol. The van der Waals surface area contributed by atoms with Gasteiger partial charge in [0, 0.05) is 21.9 Å². The summed E-state index contributed by atoms with van der Waals surface area (Å²) in [5.41, 5.74) is 1.39. The molecule has 0 aromatic heterocycles. The summed E-state index contributed by atoms with van der Waals surface area (Å²) in [7, 11) is 0. The molecule has 0 fully saturated rings. The molecule has 4 heteroatoms. The molecule has 5 rings (SSSR count). The van der Waals surface area contributed by atoms with Gasteiger partial charge < -0.3 is 0 Å². The zero-order valence-corrected chi connectivity index (χ0v) is 13.6. The van der Waals surface area contributed by atoms with E-state index in [1.54, 1.807) is 30.3 Å². The van der Waals surface area contributed by atoms with Gasteiger partial charge in [0.2, 0.25) is 0 Å². The first kappa shape index (κ1) is 14.6. The minimum atomic E-state index is -0.411. The van der Waals surface area contributed by atoms with Gasteiger partial charge in [-0.3, -0.25) is 14.5 Å². The molecule has 4 nitrogen and oxygen atoms in total. The molecule has 26 heavy (non-hydrogen) atoms. The maximum atomic E-state index is 13.1. The number of carbonyl (C=O) groups excluding carboxylic acids is 2. The van der Waals surface area contributed by atoms with Gasteiger partial charge in [-0.05, 0) is 40.8 Å². The normalized spacial score (nSPS) is 15.4. The van der Waals surface area contributed by atoms with E-state index >= 15 is 0 Å². The van der Waals surface area contributed by atoms with Gasteiger partial charge in [0.05, 0.1) is 17.7 Å². The maximum absolute atomic E-state index is 13.1. The van der Waals surface area contributed by atoms with E-state index in [4.69, 9.17) is 0 Å². The van der Waals surface area contributed by atoms with Gasteiger partial charge in [-0.1, -0.05) is 36.4 Å². The van der Waals surface area contributed by atoms with Crippen LogP contribution in [0, 0.1) is 11.3 Å². The number of hydrogen-bond donors (Lipinski definition) is 0. The monoisotopic (exact) mass is 336 g/mol. The van der Waals surface area contributed by atoms with Crippen LogP contribution < -0.4 is 10.4 Å². The zero-order chi connectivity index (χ0) is 17.8. The third-order valence-corrected chi connectivity index (χ3v) is 5.05. The van der Waals surface area contributed by atoms with Crippen LogP contribution in [0.1, 0.15) is 26.3 Å². The van der Waals surface area contributed by atoms with Crippen molar-refractivity contribution < 1.29 is 9.59 Å². The van der Waals surface area contributed by atoms with Gasteiger partial charge in [0.25, 0.3) is 11.8 Å². The lowest BCUT2D eigenvalue weighted by Crippen LogP contribution is -2.45. The Hall–Kier alpha value is -3.71. The highest BCUT2D eigenvalue weighted by Crippen LogP contribution is 2.33. The first-order valence-electron chi connectivity index (χ1n) is 8.31. The molecule has 2 aliphatic rings. The van der Waals surface area contributed by atoms with E-state index in [9.17, 15) is 14.9 Å². The number of carbonyl (C=O) groups is 2. The molecule has 0 unspecified atom stereocenters. The standard InChI is InChI=1S/C22H12N2O2/c23-12-15-8-9-19-20-17(15)6-3-7-18(20)21(25)24(22(19)26)16-10-13-4-1-2-5-14(13)11-16/h1-11,16H. The van der Waals surface area contributed by atoms with E-state index in [0.29, 0.717) is 27.5 Å². The second-order valence-corrected chi connectivity index (χ2v) is 6.43. The molecule has 122 valence electrons. The Balaban J connectivity index is 1.73. The SMILES string of the molecule is N#Cc1ccc2c3c(cccc13)C(=O)N(C1C=c3ccccc3=C1)C2=O. The zero-order valence-electron chi connectivity index (χ0n) is 13.6. The van der Waals surface area contributed by atoms with E-state index in [1.165, 1.54) is 4.90 Å². The molecular formula is C22H12N2O2. The topological polar surface area (TPSA) is 61.2 Å². The molecule has 0 atom stereocenters. The van der Waals surface area contributed by atoms with Crippen molar-refractivity contribution in [3.63, 3.8) is 0 Å². The second kappa shape index (κ2) is 5.14. The average Bonchev–Trinajstić information content (AvgIpc) is 3.09. The molecule has 3 aromatic carbocycles. The molecule has 3 aromatic rings. The van der Waals surface area contributed by atoms with Crippen molar-refractivity contribution in [3.05, 3.63) is 81.7 Å². The molecule has 0 spiro atoms. The first-order valence-corrected chi connectivity index (χ1v) is 8.31. The summed E-state index contributed by atoms with van der Waals surface area (Å²) in [5.74, 6) is -0.651. The molecule has 0 bridgehead atoms. The quantitative estimate of drug-likeness (QED) is 0.638. The van der Waals surface area contributed by atoms with Gasteiger partial charge in [-0.2, -0.15) is 5.26 Å². The van der Waals surface area contributed by atoms with Crippen molar-refractivity contribution in [2.45, 2.75) is 6.04 Å². The van der Waals surface area contributed by atoms with Crippen molar-refractivity contribution in [2.75, 3.05) is 0 Å². The summed E-state index contributed by atoms with van der Waals surface area (Å²) < 4.78 is 0. The molecule has 0 saturated carbocycles. The van der Waals surface area contributed by atoms with Gasteiger partial charge in [-0.25, -0.2) is 0 Å². The van der Waals surface area contributed by atoms with Crippen molar-refractivity contribution >= 4 is 34.7 Å². The Labute approximate surface area is 148 Å². The Morgan fingerprint density at radius 2 is 1.46 bits per heavy atom. The molecule has 1 aliphatic carbocycles. The average molecular weight is 336 g/mol. The fourth-order valence-electron chi connectivity index (χ4n) is 3.86. The number of amides is 2. The fraction of sp³-hybridized carbons (Fsp3) is 0.0455. The van der Waals surface area contributed by atoms with E-state index in [-0.39, 0.29) is 11.8 Å². The Morgan fingerprint density at radius 1 is 0.808 bits per heavy atom. The largest absolute Gasteiger partial charge is 0.269 e. The summed E-state index contributed by atoms with van der Waals surface area (Å²) in [6, 6.07) is 18.1. The van der Waals surface area contributed by atoms with Crippen LogP contribution in [0.2, 0.25) is 0 Å². The summed E-state index contributed by atoms with van der Waals surface area (Å²) >= 11 is 0. The maximum Gasteiger partial charge on any atom is 0.262 e. The molecular weight excluding hydrogens is 324 g/mol. The van der Waals surface area contributed by atoms with Crippen LogP contribution in [-0.2, 0) is 0 Å². The minimum Gasteiger partial charge on any atom is -0.269 e.